The molecule has 0 saturated carbocycles. The van der Waals surface area contributed by atoms with Crippen molar-refractivity contribution < 1.29 is 15.0 Å². The molecule has 0 spiro atoms. The summed E-state index contributed by atoms with van der Waals surface area (Å²) in [5.41, 5.74) is 6.61. The Morgan fingerprint density at radius 2 is 1.71 bits per heavy atom. The van der Waals surface area contributed by atoms with Crippen LogP contribution in [0.1, 0.15) is 100 Å². The molecule has 31 heavy (non-hydrogen) atoms. The lowest BCUT2D eigenvalue weighted by atomic mass is 10.0. The first-order chi connectivity index (χ1) is 15.1. The van der Waals surface area contributed by atoms with Crippen LogP contribution in [0.2, 0.25) is 0 Å². The molecule has 1 aromatic rings. The van der Waals surface area contributed by atoms with Crippen LogP contribution in [0, 0.1) is 0 Å². The maximum atomic E-state index is 12.3. The minimum Gasteiger partial charge on any atom is -0.394 e. The van der Waals surface area contributed by atoms with Gasteiger partial charge in [-0.05, 0) is 30.5 Å². The van der Waals surface area contributed by atoms with Gasteiger partial charge in [0.25, 0.3) is 5.91 Å². The fraction of sp³-hybridized carbons (Fsp3) is 0.680. The summed E-state index contributed by atoms with van der Waals surface area (Å²) >= 11 is 0. The second kappa shape index (κ2) is 17.9. The third-order valence-electron chi connectivity index (χ3n) is 5.53. The molecule has 0 radical (unpaired) electrons. The number of amides is 1. The fourth-order valence-corrected chi connectivity index (χ4v) is 3.50. The molecule has 0 aliphatic heterocycles. The summed E-state index contributed by atoms with van der Waals surface area (Å²) in [5.74, 6) is -0.438. The smallest absolute Gasteiger partial charge is 0.270 e. The number of rotatable bonds is 18. The highest BCUT2D eigenvalue weighted by molar-refractivity contribution is 5.92. The van der Waals surface area contributed by atoms with Crippen molar-refractivity contribution in [2.45, 2.75) is 103 Å². The maximum absolute atomic E-state index is 12.3. The van der Waals surface area contributed by atoms with E-state index in [9.17, 15) is 15.0 Å². The Kier molecular flexibility index (Phi) is 15.7. The predicted octanol–water partition coefficient (Wildman–Crippen LogP) is 4.25. The van der Waals surface area contributed by atoms with E-state index in [0.717, 1.165) is 18.4 Å². The maximum Gasteiger partial charge on any atom is 0.270 e. The van der Waals surface area contributed by atoms with Gasteiger partial charge in [-0.2, -0.15) is 0 Å². The van der Waals surface area contributed by atoms with Gasteiger partial charge >= 0.3 is 0 Å². The second-order valence-electron chi connectivity index (χ2n) is 8.26. The number of aliphatic hydroxyl groups excluding tert-OH is 2. The molecule has 0 aromatic carbocycles. The number of nitrogens with zero attached hydrogens (tertiary/aromatic N) is 1. The van der Waals surface area contributed by atoms with Crippen LogP contribution in [0.15, 0.2) is 30.5 Å². The largest absolute Gasteiger partial charge is 0.394 e. The predicted molar refractivity (Wildman–Crippen MR) is 127 cm³/mol. The van der Waals surface area contributed by atoms with Crippen LogP contribution in [0.4, 0.5) is 0 Å². The minimum atomic E-state index is -0.945. The van der Waals surface area contributed by atoms with Gasteiger partial charge in [0.1, 0.15) is 5.69 Å². The van der Waals surface area contributed by atoms with Gasteiger partial charge < -0.3 is 21.3 Å². The Balaban J connectivity index is 2.18. The van der Waals surface area contributed by atoms with Crippen molar-refractivity contribution in [3.63, 3.8) is 0 Å². The lowest BCUT2D eigenvalue weighted by Gasteiger charge is -2.19. The molecule has 0 saturated heterocycles. The van der Waals surface area contributed by atoms with E-state index in [-0.39, 0.29) is 12.3 Å². The molecular formula is C25H43N3O3. The van der Waals surface area contributed by atoms with Crippen LogP contribution in [0.3, 0.4) is 0 Å². The van der Waals surface area contributed by atoms with Crippen LogP contribution in [-0.4, -0.2) is 39.9 Å². The highest BCUT2D eigenvalue weighted by Crippen LogP contribution is 2.12. The van der Waals surface area contributed by atoms with Crippen molar-refractivity contribution in [3.8, 4) is 0 Å². The number of hydrogen-bond donors (Lipinski definition) is 4. The van der Waals surface area contributed by atoms with Crippen LogP contribution >= 0.6 is 0 Å². The van der Waals surface area contributed by atoms with Gasteiger partial charge in [-0.15, -0.1) is 0 Å². The highest BCUT2D eigenvalue weighted by Gasteiger charge is 2.19. The number of aliphatic hydroxyl groups is 2. The van der Waals surface area contributed by atoms with Crippen molar-refractivity contribution in [2.24, 2.45) is 5.73 Å². The standard InChI is InChI=1S/C25H43N3O3/c1-2-3-4-5-6-7-8-9-10-11-12-13-14-15-24(30)23(20-29)28-25(31)22-18-21(19-26)16-17-27-22/h14-18,23-24,29-30H,2-13,19-20,26H2,1H3,(H,28,31)/b15-14+/t23-,24-/m0/s1. The number of aromatic nitrogens is 1. The number of carbonyl (C=O) groups excluding carboxylic acids is 1. The molecule has 0 aliphatic rings. The van der Waals surface area contributed by atoms with E-state index in [0.29, 0.717) is 6.54 Å². The summed E-state index contributed by atoms with van der Waals surface area (Å²) in [6.07, 6.45) is 19.4. The molecule has 5 N–H and O–H groups in total. The van der Waals surface area contributed by atoms with Crippen molar-refractivity contribution in [1.29, 1.82) is 0 Å². The summed E-state index contributed by atoms with van der Waals surface area (Å²) in [5, 5.41) is 22.5. The highest BCUT2D eigenvalue weighted by atomic mass is 16.3. The third kappa shape index (κ3) is 12.6. The number of carbonyl (C=O) groups is 1. The van der Waals surface area contributed by atoms with Crippen LogP contribution in [0.5, 0.6) is 0 Å². The van der Waals surface area contributed by atoms with Gasteiger partial charge in [0.05, 0.1) is 18.8 Å². The first-order valence-corrected chi connectivity index (χ1v) is 12.0. The number of nitrogens with one attached hydrogen (secondary N) is 1. The number of pyridine rings is 1. The molecule has 1 heterocycles. The molecule has 176 valence electrons. The summed E-state index contributed by atoms with van der Waals surface area (Å²) in [6.45, 7) is 2.21. The quantitative estimate of drug-likeness (QED) is 0.204. The number of allylic oxidation sites excluding steroid dienone is 1. The van der Waals surface area contributed by atoms with Gasteiger partial charge in [0.15, 0.2) is 0 Å². The molecule has 1 amide bonds. The Morgan fingerprint density at radius 3 is 2.29 bits per heavy atom. The van der Waals surface area contributed by atoms with E-state index in [1.54, 1.807) is 18.2 Å². The zero-order chi connectivity index (χ0) is 22.7. The van der Waals surface area contributed by atoms with Crippen LogP contribution < -0.4 is 11.1 Å². The van der Waals surface area contributed by atoms with Crippen molar-refractivity contribution in [1.82, 2.24) is 10.3 Å². The summed E-state index contributed by atoms with van der Waals surface area (Å²) in [7, 11) is 0. The molecule has 1 rings (SSSR count). The van der Waals surface area contributed by atoms with Crippen molar-refractivity contribution in [3.05, 3.63) is 41.7 Å². The molecule has 1 aromatic heterocycles. The van der Waals surface area contributed by atoms with E-state index < -0.39 is 18.1 Å². The van der Waals surface area contributed by atoms with Gasteiger partial charge in [0.2, 0.25) is 0 Å². The molecule has 6 nitrogen and oxygen atoms in total. The lowest BCUT2D eigenvalue weighted by Crippen LogP contribution is -2.45. The zero-order valence-corrected chi connectivity index (χ0v) is 19.3. The fourth-order valence-electron chi connectivity index (χ4n) is 3.50. The van der Waals surface area contributed by atoms with Gasteiger partial charge in [0, 0.05) is 12.7 Å². The molecule has 6 heteroatoms. The van der Waals surface area contributed by atoms with E-state index in [2.05, 4.69) is 17.2 Å². The summed E-state index contributed by atoms with van der Waals surface area (Å²) in [6, 6.07) is 2.58. The molecular weight excluding hydrogens is 390 g/mol. The third-order valence-corrected chi connectivity index (χ3v) is 5.53. The number of unbranched alkanes of at least 4 members (excludes halogenated alkanes) is 11. The Hall–Kier alpha value is -1.76. The Bertz CT molecular complexity index is 622. The van der Waals surface area contributed by atoms with Gasteiger partial charge in [-0.1, -0.05) is 83.3 Å². The normalized spacial score (nSPS) is 13.4. The zero-order valence-electron chi connectivity index (χ0n) is 19.3. The van der Waals surface area contributed by atoms with E-state index in [1.165, 1.54) is 70.4 Å². The number of nitrogens with two attached hydrogens (primary N) is 1. The van der Waals surface area contributed by atoms with Crippen molar-refractivity contribution in [2.75, 3.05) is 6.61 Å². The Labute approximate surface area is 188 Å². The number of hydrogen-bond acceptors (Lipinski definition) is 5. The van der Waals surface area contributed by atoms with Crippen molar-refractivity contribution >= 4 is 5.91 Å². The minimum absolute atomic E-state index is 0.221. The van der Waals surface area contributed by atoms with Gasteiger partial charge in [-0.3, -0.25) is 9.78 Å². The first kappa shape index (κ1) is 27.3. The van der Waals surface area contributed by atoms with E-state index in [1.807, 2.05) is 6.08 Å². The second-order valence-corrected chi connectivity index (χ2v) is 8.26. The van der Waals surface area contributed by atoms with E-state index in [4.69, 9.17) is 5.73 Å². The topological polar surface area (TPSA) is 108 Å². The first-order valence-electron chi connectivity index (χ1n) is 12.0. The van der Waals surface area contributed by atoms with Gasteiger partial charge in [-0.25, -0.2) is 0 Å². The molecule has 2 atom stereocenters. The molecule has 0 fully saturated rings. The molecule has 0 aliphatic carbocycles. The van der Waals surface area contributed by atoms with Crippen LogP contribution in [0.25, 0.3) is 0 Å². The average Bonchev–Trinajstić information content (AvgIpc) is 2.80. The summed E-state index contributed by atoms with van der Waals surface area (Å²) < 4.78 is 0. The lowest BCUT2D eigenvalue weighted by molar-refractivity contribution is 0.0807. The average molecular weight is 434 g/mol. The molecule has 0 unspecified atom stereocenters. The Morgan fingerprint density at radius 1 is 1.10 bits per heavy atom. The SMILES string of the molecule is CCCCCCCCCCCCC/C=C/[C@H](O)[C@H](CO)NC(=O)c1cc(CN)ccn1. The monoisotopic (exact) mass is 433 g/mol. The summed E-state index contributed by atoms with van der Waals surface area (Å²) in [4.78, 5) is 16.3. The van der Waals surface area contributed by atoms with Crippen LogP contribution in [-0.2, 0) is 6.54 Å². The van der Waals surface area contributed by atoms with E-state index >= 15 is 0 Å². The molecule has 0 bridgehead atoms.